The van der Waals surface area contributed by atoms with Crippen molar-refractivity contribution < 1.29 is 26.0 Å². The lowest BCUT2D eigenvalue weighted by Gasteiger charge is -2.20. The third kappa shape index (κ3) is 4.91. The van der Waals surface area contributed by atoms with Gasteiger partial charge in [-0.2, -0.15) is 0 Å². The summed E-state index contributed by atoms with van der Waals surface area (Å²) in [5.41, 5.74) is -0.213. The minimum atomic E-state index is -3.93. The Hall–Kier alpha value is -2.46. The van der Waals surface area contributed by atoms with Crippen LogP contribution in [0.1, 0.15) is 45.2 Å². The first-order valence-electron chi connectivity index (χ1n) is 10.6. The fourth-order valence-corrected chi connectivity index (χ4v) is 5.43. The highest BCUT2D eigenvalue weighted by Gasteiger charge is 2.40. The van der Waals surface area contributed by atoms with Gasteiger partial charge in [0.1, 0.15) is 23.4 Å². The molecule has 2 heterocycles. The fourth-order valence-electron chi connectivity index (χ4n) is 3.89. The Morgan fingerprint density at radius 2 is 1.88 bits per heavy atom. The Balaban J connectivity index is 1.91. The standard InChI is InChI=1S/C23H25F4N3O2S/c1-23(2,3)12-30-11-16(21(22(26)27)29-33(31,32)13-6-7-13)14-9-18(25)15(10-19(14)30)20-17(24)5-4-8-28-20/h4-5,8-11,13,21-22,29H,6-7,12H2,1-3H3. The summed E-state index contributed by atoms with van der Waals surface area (Å²) in [7, 11) is -3.93. The predicted octanol–water partition coefficient (Wildman–Crippen LogP) is 5.42. The lowest BCUT2D eigenvalue weighted by atomic mass is 9.97. The highest BCUT2D eigenvalue weighted by atomic mass is 32.2. The number of aromatic nitrogens is 2. The molecule has 1 aliphatic rings. The van der Waals surface area contributed by atoms with E-state index < -0.39 is 39.4 Å². The summed E-state index contributed by atoms with van der Waals surface area (Å²) in [5.74, 6) is -1.56. The van der Waals surface area contributed by atoms with Gasteiger partial charge in [-0.15, -0.1) is 0 Å². The van der Waals surface area contributed by atoms with Crippen molar-refractivity contribution in [2.45, 2.75) is 57.9 Å². The average Bonchev–Trinajstić information content (AvgIpc) is 3.51. The maximum absolute atomic E-state index is 15.1. The molecule has 0 saturated heterocycles. The van der Waals surface area contributed by atoms with Crippen LogP contribution in [0.15, 0.2) is 36.7 Å². The zero-order valence-corrected chi connectivity index (χ0v) is 19.3. The van der Waals surface area contributed by atoms with E-state index >= 15 is 4.39 Å². The van der Waals surface area contributed by atoms with Crippen LogP contribution in [0.5, 0.6) is 0 Å². The molecule has 0 amide bonds. The first-order valence-corrected chi connectivity index (χ1v) is 12.1. The lowest BCUT2D eigenvalue weighted by Crippen LogP contribution is -2.35. The molecular formula is C23H25F4N3O2S. The molecule has 33 heavy (non-hydrogen) atoms. The molecule has 2 aromatic heterocycles. The molecule has 1 aromatic carbocycles. The molecule has 0 aliphatic heterocycles. The Morgan fingerprint density at radius 3 is 2.45 bits per heavy atom. The highest BCUT2D eigenvalue weighted by Crippen LogP contribution is 2.37. The van der Waals surface area contributed by atoms with Crippen molar-refractivity contribution in [1.82, 2.24) is 14.3 Å². The molecule has 3 aromatic rings. The number of fused-ring (bicyclic) bond motifs is 1. The molecule has 1 fully saturated rings. The van der Waals surface area contributed by atoms with E-state index in [0.29, 0.717) is 24.9 Å². The Kier molecular flexibility index (Phi) is 6.03. The van der Waals surface area contributed by atoms with Gasteiger partial charge in [0, 0.05) is 41.0 Å². The smallest absolute Gasteiger partial charge is 0.258 e. The van der Waals surface area contributed by atoms with E-state index in [0.717, 1.165) is 12.1 Å². The van der Waals surface area contributed by atoms with Crippen LogP contribution in [0.2, 0.25) is 0 Å². The average molecular weight is 484 g/mol. The molecule has 4 rings (SSSR count). The van der Waals surface area contributed by atoms with Crippen molar-refractivity contribution in [3.05, 3.63) is 53.9 Å². The van der Waals surface area contributed by atoms with Gasteiger partial charge in [0.05, 0.1) is 5.25 Å². The Bertz CT molecular complexity index is 1300. The van der Waals surface area contributed by atoms with Crippen LogP contribution in [0.25, 0.3) is 22.2 Å². The largest absolute Gasteiger partial charge is 0.347 e. The van der Waals surface area contributed by atoms with Crippen LogP contribution in [0.3, 0.4) is 0 Å². The minimum Gasteiger partial charge on any atom is -0.347 e. The molecule has 0 bridgehead atoms. The highest BCUT2D eigenvalue weighted by molar-refractivity contribution is 7.90. The van der Waals surface area contributed by atoms with Gasteiger partial charge in [0.15, 0.2) is 0 Å². The zero-order valence-electron chi connectivity index (χ0n) is 18.4. The van der Waals surface area contributed by atoms with Crippen LogP contribution in [0, 0.1) is 17.0 Å². The number of hydrogen-bond donors (Lipinski definition) is 1. The number of benzene rings is 1. The predicted molar refractivity (Wildman–Crippen MR) is 118 cm³/mol. The van der Waals surface area contributed by atoms with Gasteiger partial charge in [0.25, 0.3) is 6.43 Å². The Labute approximate surface area is 189 Å². The Morgan fingerprint density at radius 1 is 1.18 bits per heavy atom. The van der Waals surface area contributed by atoms with Gasteiger partial charge in [-0.3, -0.25) is 4.98 Å². The van der Waals surface area contributed by atoms with E-state index in [4.69, 9.17) is 0 Å². The molecule has 1 unspecified atom stereocenters. The third-order valence-corrected chi connectivity index (χ3v) is 7.43. The minimum absolute atomic E-state index is 0.0274. The molecule has 5 nitrogen and oxygen atoms in total. The summed E-state index contributed by atoms with van der Waals surface area (Å²) in [4.78, 5) is 3.93. The van der Waals surface area contributed by atoms with Gasteiger partial charge in [-0.05, 0) is 42.5 Å². The second kappa shape index (κ2) is 8.39. The number of pyridine rings is 1. The number of rotatable bonds is 7. The third-order valence-electron chi connectivity index (χ3n) is 5.50. The summed E-state index contributed by atoms with van der Waals surface area (Å²) in [6.07, 6.45) is 0.555. The van der Waals surface area contributed by atoms with Crippen molar-refractivity contribution in [3.63, 3.8) is 0 Å². The molecule has 1 aliphatic carbocycles. The molecule has 178 valence electrons. The van der Waals surface area contributed by atoms with Gasteiger partial charge in [-0.1, -0.05) is 20.8 Å². The number of halogens is 4. The van der Waals surface area contributed by atoms with E-state index in [1.54, 1.807) is 4.57 Å². The number of sulfonamides is 1. The van der Waals surface area contributed by atoms with Gasteiger partial charge < -0.3 is 4.57 Å². The van der Waals surface area contributed by atoms with Crippen LogP contribution >= 0.6 is 0 Å². The molecule has 1 N–H and O–H groups in total. The number of alkyl halides is 2. The molecule has 1 saturated carbocycles. The summed E-state index contributed by atoms with van der Waals surface area (Å²) >= 11 is 0. The van der Waals surface area contributed by atoms with Gasteiger partial charge in [-0.25, -0.2) is 30.7 Å². The summed E-state index contributed by atoms with van der Waals surface area (Å²) < 4.78 is 86.2. The van der Waals surface area contributed by atoms with E-state index in [9.17, 15) is 21.6 Å². The maximum atomic E-state index is 15.1. The van der Waals surface area contributed by atoms with Crippen molar-refractivity contribution >= 4 is 20.9 Å². The van der Waals surface area contributed by atoms with E-state index in [2.05, 4.69) is 9.71 Å². The molecule has 1 atom stereocenters. The first-order chi connectivity index (χ1) is 15.4. The lowest BCUT2D eigenvalue weighted by molar-refractivity contribution is 0.109. The summed E-state index contributed by atoms with van der Waals surface area (Å²) in [6.45, 7) is 6.22. The molecule has 10 heteroatoms. The van der Waals surface area contributed by atoms with Crippen molar-refractivity contribution in [1.29, 1.82) is 0 Å². The maximum Gasteiger partial charge on any atom is 0.258 e. The van der Waals surface area contributed by atoms with Crippen LogP contribution in [-0.4, -0.2) is 29.6 Å². The second-order valence-electron chi connectivity index (χ2n) is 9.63. The number of nitrogens with zero attached hydrogens (tertiary/aromatic N) is 2. The van der Waals surface area contributed by atoms with E-state index in [1.165, 1.54) is 24.5 Å². The molecule has 0 radical (unpaired) electrons. The van der Waals surface area contributed by atoms with E-state index in [-0.39, 0.29) is 27.6 Å². The zero-order chi connectivity index (χ0) is 24.1. The van der Waals surface area contributed by atoms with Crippen molar-refractivity contribution in [2.75, 3.05) is 0 Å². The second-order valence-corrected chi connectivity index (χ2v) is 11.6. The monoisotopic (exact) mass is 483 g/mol. The van der Waals surface area contributed by atoms with Crippen LogP contribution < -0.4 is 4.72 Å². The topological polar surface area (TPSA) is 64.0 Å². The fraction of sp³-hybridized carbons (Fsp3) is 0.435. The van der Waals surface area contributed by atoms with Crippen LogP contribution in [0.4, 0.5) is 17.6 Å². The number of nitrogens with one attached hydrogen (secondary N) is 1. The van der Waals surface area contributed by atoms with Crippen LogP contribution in [-0.2, 0) is 16.6 Å². The first kappa shape index (κ1) is 23.7. The van der Waals surface area contributed by atoms with Crippen molar-refractivity contribution in [3.8, 4) is 11.3 Å². The molecule has 0 spiro atoms. The van der Waals surface area contributed by atoms with E-state index in [1.807, 2.05) is 20.8 Å². The van der Waals surface area contributed by atoms with Crippen molar-refractivity contribution in [2.24, 2.45) is 5.41 Å². The number of hydrogen-bond acceptors (Lipinski definition) is 3. The summed E-state index contributed by atoms with van der Waals surface area (Å²) in [6, 6.07) is 3.13. The molecular weight excluding hydrogens is 458 g/mol. The normalized spacial score (nSPS) is 16.0. The SMILES string of the molecule is CC(C)(C)Cn1cc(C(NS(=O)(=O)C2CC2)C(F)F)c2cc(F)c(-c3ncccc3F)cc21. The summed E-state index contributed by atoms with van der Waals surface area (Å²) in [5, 5.41) is -0.544. The van der Waals surface area contributed by atoms with Gasteiger partial charge in [0.2, 0.25) is 10.0 Å². The quantitative estimate of drug-likeness (QED) is 0.457. The van der Waals surface area contributed by atoms with Gasteiger partial charge >= 0.3 is 0 Å².